The van der Waals surface area contributed by atoms with Crippen molar-refractivity contribution in [3.63, 3.8) is 0 Å². The van der Waals surface area contributed by atoms with Gasteiger partial charge in [-0.05, 0) is 38.5 Å². The Hall–Kier alpha value is -0.970. The normalized spacial score (nSPS) is 10.9. The first-order valence-electron chi connectivity index (χ1n) is 5.16. The van der Waals surface area contributed by atoms with Gasteiger partial charge in [-0.25, -0.2) is 0 Å². The van der Waals surface area contributed by atoms with Gasteiger partial charge in [-0.15, -0.1) is 0 Å². The van der Waals surface area contributed by atoms with Gasteiger partial charge in [0, 0.05) is 6.42 Å². The summed E-state index contributed by atoms with van der Waals surface area (Å²) in [6, 6.07) is 0. The maximum atomic E-state index is 11.3. The Morgan fingerprint density at radius 3 is 2.06 bits per heavy atom. The molecule has 0 aliphatic heterocycles. The van der Waals surface area contributed by atoms with Crippen LogP contribution >= 0.6 is 12.2 Å². The topological polar surface area (TPSA) is 63.6 Å². The van der Waals surface area contributed by atoms with E-state index in [9.17, 15) is 9.59 Å². The number of ether oxygens (including phenoxy) is 1. The van der Waals surface area contributed by atoms with Crippen molar-refractivity contribution in [2.75, 3.05) is 0 Å². The van der Waals surface area contributed by atoms with Gasteiger partial charge in [0.25, 0.3) is 0 Å². The van der Waals surface area contributed by atoms with E-state index in [-0.39, 0.29) is 18.8 Å². The lowest BCUT2D eigenvalue weighted by atomic mass is 10.1. The number of carbonyl (C=O) groups excluding carboxylic acids is 1. The number of aliphatic carboxylic acids is 1. The number of hydrogen-bond donors (Lipinski definition) is 1. The van der Waals surface area contributed by atoms with Gasteiger partial charge in [-0.3, -0.25) is 9.59 Å². The Morgan fingerprint density at radius 2 is 1.62 bits per heavy atom. The third kappa shape index (κ3) is 9.58. The third-order valence-electron chi connectivity index (χ3n) is 1.65. The Morgan fingerprint density at radius 1 is 1.12 bits per heavy atom. The van der Waals surface area contributed by atoms with Gasteiger partial charge >= 0.3 is 11.9 Å². The van der Waals surface area contributed by atoms with E-state index in [1.165, 1.54) is 0 Å². The molecule has 4 nitrogen and oxygen atoms in total. The largest absolute Gasteiger partial charge is 0.481 e. The second-order valence-corrected chi connectivity index (χ2v) is 5.10. The molecule has 16 heavy (non-hydrogen) atoms. The minimum atomic E-state index is -0.875. The lowest BCUT2D eigenvalue weighted by Crippen LogP contribution is -2.24. The zero-order valence-corrected chi connectivity index (χ0v) is 10.7. The van der Waals surface area contributed by atoms with Crippen LogP contribution in [-0.2, 0) is 14.3 Å². The van der Waals surface area contributed by atoms with Crippen LogP contribution in [0.25, 0.3) is 0 Å². The van der Waals surface area contributed by atoms with Crippen molar-refractivity contribution in [1.29, 1.82) is 0 Å². The summed E-state index contributed by atoms with van der Waals surface area (Å²) in [4.78, 5) is 22.2. The van der Waals surface area contributed by atoms with E-state index in [2.05, 4.69) is 0 Å². The summed E-state index contributed by atoms with van der Waals surface area (Å²) in [6.07, 6.45) is 0.994. The molecule has 0 rings (SSSR count). The molecule has 0 aromatic rings. The highest BCUT2D eigenvalue weighted by Crippen LogP contribution is 2.10. The second-order valence-electron chi connectivity index (χ2n) is 4.52. The van der Waals surface area contributed by atoms with Crippen LogP contribution in [0.5, 0.6) is 0 Å². The molecule has 0 fully saturated rings. The highest BCUT2D eigenvalue weighted by molar-refractivity contribution is 7.80. The quantitative estimate of drug-likeness (QED) is 0.575. The molecule has 0 heterocycles. The minimum Gasteiger partial charge on any atom is -0.481 e. The summed E-state index contributed by atoms with van der Waals surface area (Å²) in [7, 11) is 0. The molecule has 0 unspecified atom stereocenters. The summed E-state index contributed by atoms with van der Waals surface area (Å²) in [5, 5.41) is 8.44. The first-order chi connectivity index (χ1) is 7.20. The molecule has 0 spiro atoms. The van der Waals surface area contributed by atoms with Gasteiger partial charge in [0.15, 0.2) is 0 Å². The molecule has 0 aliphatic carbocycles. The highest BCUT2D eigenvalue weighted by atomic mass is 32.1. The van der Waals surface area contributed by atoms with Crippen molar-refractivity contribution in [2.45, 2.75) is 52.1 Å². The molecule has 0 bridgehead atoms. The van der Waals surface area contributed by atoms with Crippen LogP contribution in [0, 0.1) is 0 Å². The van der Waals surface area contributed by atoms with Crippen LogP contribution < -0.4 is 0 Å². The number of carboxylic acid groups (broad SMARTS) is 1. The summed E-state index contributed by atoms with van der Waals surface area (Å²) in [5.41, 5.74) is -0.486. The van der Waals surface area contributed by atoms with Crippen molar-refractivity contribution < 1.29 is 19.4 Å². The Balaban J connectivity index is 3.76. The molecule has 0 saturated carbocycles. The zero-order chi connectivity index (χ0) is 12.8. The van der Waals surface area contributed by atoms with Crippen molar-refractivity contribution in [3.8, 4) is 0 Å². The molecule has 1 N–H and O–H groups in total. The maximum absolute atomic E-state index is 11.3. The summed E-state index contributed by atoms with van der Waals surface area (Å²) < 4.78 is 5.10. The van der Waals surface area contributed by atoms with Crippen LogP contribution in [0.1, 0.15) is 46.5 Å². The van der Waals surface area contributed by atoms with Crippen LogP contribution in [-0.4, -0.2) is 27.5 Å². The average molecular weight is 246 g/mol. The van der Waals surface area contributed by atoms with Crippen LogP contribution in [0.2, 0.25) is 0 Å². The molecule has 0 amide bonds. The predicted molar refractivity (Wildman–Crippen MR) is 64.5 cm³/mol. The van der Waals surface area contributed by atoms with E-state index in [0.717, 1.165) is 0 Å². The fraction of sp³-hybridized carbons (Fsp3) is 0.727. The van der Waals surface area contributed by atoms with E-state index in [1.54, 1.807) is 20.8 Å². The lowest BCUT2D eigenvalue weighted by Gasteiger charge is -2.19. The van der Waals surface area contributed by atoms with E-state index in [1.807, 2.05) is 0 Å². The predicted octanol–water partition coefficient (Wildman–Crippen LogP) is 2.34. The Labute approximate surface area is 101 Å². The summed E-state index contributed by atoms with van der Waals surface area (Å²) in [5.74, 6) is -1.18. The number of carbonyl (C=O) groups is 2. The van der Waals surface area contributed by atoms with E-state index in [4.69, 9.17) is 22.1 Å². The molecule has 0 saturated heterocycles. The van der Waals surface area contributed by atoms with Gasteiger partial charge in [-0.2, -0.15) is 0 Å². The van der Waals surface area contributed by atoms with Gasteiger partial charge in [-0.1, -0.05) is 12.2 Å². The number of thiocarbonyl (C=S) groups is 1. The monoisotopic (exact) mass is 246 g/mol. The fourth-order valence-corrected chi connectivity index (χ4v) is 1.21. The van der Waals surface area contributed by atoms with E-state index >= 15 is 0 Å². The number of carboxylic acids is 1. The fourth-order valence-electron chi connectivity index (χ4n) is 1.01. The van der Waals surface area contributed by atoms with Crippen molar-refractivity contribution in [2.24, 2.45) is 0 Å². The highest BCUT2D eigenvalue weighted by Gasteiger charge is 2.16. The molecule has 0 aromatic heterocycles. The van der Waals surface area contributed by atoms with Crippen LogP contribution in [0.15, 0.2) is 0 Å². The van der Waals surface area contributed by atoms with Gasteiger partial charge < -0.3 is 9.84 Å². The summed E-state index contributed by atoms with van der Waals surface area (Å²) >= 11 is 4.96. The molecule has 0 aromatic carbocycles. The smallest absolute Gasteiger partial charge is 0.306 e. The molecule has 92 valence electrons. The van der Waals surface area contributed by atoms with Crippen LogP contribution in [0.4, 0.5) is 0 Å². The van der Waals surface area contributed by atoms with Gasteiger partial charge in [0.2, 0.25) is 0 Å². The minimum absolute atomic E-state index is 0.0210. The first kappa shape index (κ1) is 15.0. The van der Waals surface area contributed by atoms with Gasteiger partial charge in [0.05, 0.1) is 6.42 Å². The molecule has 0 atom stereocenters. The van der Waals surface area contributed by atoms with Gasteiger partial charge in [0.1, 0.15) is 5.60 Å². The zero-order valence-electron chi connectivity index (χ0n) is 9.91. The van der Waals surface area contributed by atoms with E-state index < -0.39 is 11.6 Å². The molecule has 0 radical (unpaired) electrons. The van der Waals surface area contributed by atoms with Crippen molar-refractivity contribution >= 4 is 29.0 Å². The van der Waals surface area contributed by atoms with E-state index in [0.29, 0.717) is 17.7 Å². The molecule has 5 heteroatoms. The third-order valence-corrected chi connectivity index (χ3v) is 2.05. The standard InChI is InChI=1S/C11H18O4S/c1-11(2,3)15-10(14)7-5-8(16)4-6-9(12)13/h4-7H2,1-3H3,(H,12,13). The Bertz CT molecular complexity index is 278. The Kier molecular flexibility index (Phi) is 6.18. The lowest BCUT2D eigenvalue weighted by molar-refractivity contribution is -0.154. The number of rotatable bonds is 6. The SMILES string of the molecule is CC(C)(C)OC(=O)CCC(=S)CCC(=O)O. The first-order valence-corrected chi connectivity index (χ1v) is 5.57. The molecular weight excluding hydrogens is 228 g/mol. The number of hydrogen-bond acceptors (Lipinski definition) is 4. The number of esters is 1. The van der Waals surface area contributed by atoms with Crippen LogP contribution in [0.3, 0.4) is 0 Å². The average Bonchev–Trinajstić information content (AvgIpc) is 2.08. The van der Waals surface area contributed by atoms with Crippen molar-refractivity contribution in [1.82, 2.24) is 0 Å². The van der Waals surface area contributed by atoms with Crippen molar-refractivity contribution in [3.05, 3.63) is 0 Å². The maximum Gasteiger partial charge on any atom is 0.306 e. The second kappa shape index (κ2) is 6.58. The molecule has 0 aliphatic rings. The molecular formula is C11H18O4S. The summed E-state index contributed by atoms with van der Waals surface area (Å²) in [6.45, 7) is 5.40.